The highest BCUT2D eigenvalue weighted by Gasteiger charge is 2.15. The van der Waals surface area contributed by atoms with E-state index in [2.05, 4.69) is 15.3 Å². The second-order valence-electron chi connectivity index (χ2n) is 4.03. The van der Waals surface area contributed by atoms with Crippen LogP contribution in [0.4, 0.5) is 5.69 Å². The van der Waals surface area contributed by atoms with Crippen molar-refractivity contribution < 1.29 is 4.79 Å². The molecule has 1 aromatic carbocycles. The Morgan fingerprint density at radius 2 is 1.79 bits per heavy atom. The van der Waals surface area contributed by atoms with Gasteiger partial charge in [0.15, 0.2) is 10.3 Å². The first-order valence-corrected chi connectivity index (χ1v) is 6.30. The third-order valence-electron chi connectivity index (χ3n) is 2.84. The van der Waals surface area contributed by atoms with Crippen LogP contribution in [0.1, 0.15) is 21.5 Å². The zero-order valence-corrected chi connectivity index (χ0v) is 11.9. The summed E-state index contributed by atoms with van der Waals surface area (Å²) in [5, 5.41) is 2.85. The number of nitrogens with one attached hydrogen (secondary N) is 1. The molecule has 0 aliphatic heterocycles. The van der Waals surface area contributed by atoms with Crippen LogP contribution in [-0.2, 0) is 0 Å². The van der Waals surface area contributed by atoms with E-state index in [0.717, 1.165) is 11.1 Å². The van der Waals surface area contributed by atoms with Crippen LogP contribution in [0.5, 0.6) is 0 Å². The first kappa shape index (κ1) is 13.8. The molecule has 0 radical (unpaired) electrons. The molecule has 0 aliphatic rings. The van der Waals surface area contributed by atoms with Gasteiger partial charge in [0.25, 0.3) is 5.91 Å². The zero-order chi connectivity index (χ0) is 14.0. The highest BCUT2D eigenvalue weighted by Crippen LogP contribution is 2.26. The van der Waals surface area contributed by atoms with Crippen LogP contribution in [0.15, 0.2) is 24.5 Å². The first-order chi connectivity index (χ1) is 9.00. The van der Waals surface area contributed by atoms with Crippen molar-refractivity contribution in [1.82, 2.24) is 9.97 Å². The van der Waals surface area contributed by atoms with Gasteiger partial charge in [-0.05, 0) is 31.0 Å². The number of rotatable bonds is 2. The molecule has 0 bridgehead atoms. The smallest absolute Gasteiger partial charge is 0.256 e. The second-order valence-corrected chi connectivity index (χ2v) is 4.75. The molecular weight excluding hydrogens is 285 g/mol. The Kier molecular flexibility index (Phi) is 4.02. The van der Waals surface area contributed by atoms with Crippen molar-refractivity contribution in [1.29, 1.82) is 0 Å². The molecule has 2 aromatic rings. The Labute approximate surface area is 120 Å². The van der Waals surface area contributed by atoms with Crippen LogP contribution < -0.4 is 5.32 Å². The summed E-state index contributed by atoms with van der Waals surface area (Å²) in [6, 6.07) is 5.50. The van der Waals surface area contributed by atoms with Gasteiger partial charge in [0.05, 0.1) is 0 Å². The minimum atomic E-state index is -0.292. The Morgan fingerprint density at radius 3 is 2.42 bits per heavy atom. The fraction of sp³-hybridized carbons (Fsp3) is 0.154. The van der Waals surface area contributed by atoms with Crippen LogP contribution in [0, 0.1) is 13.8 Å². The van der Waals surface area contributed by atoms with Crippen LogP contribution in [-0.4, -0.2) is 15.9 Å². The van der Waals surface area contributed by atoms with Crippen LogP contribution in [0.2, 0.25) is 10.3 Å². The van der Waals surface area contributed by atoms with E-state index in [0.29, 0.717) is 5.56 Å². The molecule has 1 heterocycles. The number of carbonyl (C=O) groups excluding carboxylic acids is 1. The van der Waals surface area contributed by atoms with Gasteiger partial charge in [0.2, 0.25) is 0 Å². The Balaban J connectivity index is 2.34. The van der Waals surface area contributed by atoms with Crippen molar-refractivity contribution in [3.63, 3.8) is 0 Å². The SMILES string of the molecule is Cc1cccc(C(=O)Nc2c(Cl)ncnc2Cl)c1C. The molecule has 0 fully saturated rings. The van der Waals surface area contributed by atoms with Crippen LogP contribution >= 0.6 is 23.2 Å². The number of aryl methyl sites for hydroxylation is 1. The maximum atomic E-state index is 12.2. The number of hydrogen-bond donors (Lipinski definition) is 1. The average Bonchev–Trinajstić information content (AvgIpc) is 2.37. The molecule has 0 atom stereocenters. The van der Waals surface area contributed by atoms with Gasteiger partial charge in [-0.1, -0.05) is 35.3 Å². The van der Waals surface area contributed by atoms with E-state index >= 15 is 0 Å². The standard InChI is InChI=1S/C13H11Cl2N3O/c1-7-4-3-5-9(8(7)2)13(19)18-10-11(14)16-6-17-12(10)15/h3-6H,1-2H3,(H,18,19). The lowest BCUT2D eigenvalue weighted by atomic mass is 10.0. The van der Waals surface area contributed by atoms with E-state index < -0.39 is 0 Å². The zero-order valence-electron chi connectivity index (χ0n) is 10.4. The molecule has 98 valence electrons. The Bertz CT molecular complexity index is 624. The van der Waals surface area contributed by atoms with Crippen LogP contribution in [0.3, 0.4) is 0 Å². The minimum Gasteiger partial charge on any atom is -0.317 e. The van der Waals surface area contributed by atoms with E-state index in [4.69, 9.17) is 23.2 Å². The van der Waals surface area contributed by atoms with Crippen molar-refractivity contribution in [2.75, 3.05) is 5.32 Å². The lowest BCUT2D eigenvalue weighted by Crippen LogP contribution is -2.15. The van der Waals surface area contributed by atoms with Gasteiger partial charge in [-0.15, -0.1) is 0 Å². The molecule has 4 nitrogen and oxygen atoms in total. The summed E-state index contributed by atoms with van der Waals surface area (Å²) in [6.07, 6.45) is 1.23. The van der Waals surface area contributed by atoms with Gasteiger partial charge in [-0.3, -0.25) is 4.79 Å². The van der Waals surface area contributed by atoms with E-state index in [1.54, 1.807) is 6.07 Å². The van der Waals surface area contributed by atoms with Crippen molar-refractivity contribution in [3.05, 3.63) is 51.5 Å². The van der Waals surface area contributed by atoms with Crippen LogP contribution in [0.25, 0.3) is 0 Å². The molecule has 1 N–H and O–H groups in total. The number of amides is 1. The molecule has 19 heavy (non-hydrogen) atoms. The molecular formula is C13H11Cl2N3O. The van der Waals surface area contributed by atoms with Crippen molar-refractivity contribution >= 4 is 34.8 Å². The van der Waals surface area contributed by atoms with E-state index in [1.165, 1.54) is 6.33 Å². The predicted octanol–water partition coefficient (Wildman–Crippen LogP) is 3.65. The van der Waals surface area contributed by atoms with Gasteiger partial charge in [0, 0.05) is 5.56 Å². The number of hydrogen-bond acceptors (Lipinski definition) is 3. The highest BCUT2D eigenvalue weighted by molar-refractivity contribution is 6.38. The summed E-state index contributed by atoms with van der Waals surface area (Å²) in [5.74, 6) is -0.292. The summed E-state index contributed by atoms with van der Waals surface area (Å²) in [6.45, 7) is 3.83. The molecule has 0 aliphatic carbocycles. The lowest BCUT2D eigenvalue weighted by molar-refractivity contribution is 0.102. The van der Waals surface area contributed by atoms with E-state index in [1.807, 2.05) is 26.0 Å². The van der Waals surface area contributed by atoms with E-state index in [9.17, 15) is 4.79 Å². The number of carbonyl (C=O) groups is 1. The first-order valence-electron chi connectivity index (χ1n) is 5.54. The average molecular weight is 296 g/mol. The molecule has 0 spiro atoms. The molecule has 2 rings (SSSR count). The second kappa shape index (κ2) is 5.55. The maximum Gasteiger partial charge on any atom is 0.256 e. The maximum absolute atomic E-state index is 12.2. The van der Waals surface area contributed by atoms with E-state index in [-0.39, 0.29) is 21.9 Å². The summed E-state index contributed by atoms with van der Waals surface area (Å²) >= 11 is 11.8. The molecule has 0 saturated heterocycles. The van der Waals surface area contributed by atoms with Gasteiger partial charge in [-0.2, -0.15) is 0 Å². The molecule has 0 unspecified atom stereocenters. The molecule has 1 amide bonds. The molecule has 0 saturated carbocycles. The summed E-state index contributed by atoms with van der Waals surface area (Å²) in [7, 11) is 0. The van der Waals surface area contributed by atoms with Gasteiger partial charge < -0.3 is 5.32 Å². The molecule has 6 heteroatoms. The van der Waals surface area contributed by atoms with Crippen molar-refractivity contribution in [2.45, 2.75) is 13.8 Å². The summed E-state index contributed by atoms with van der Waals surface area (Å²) in [4.78, 5) is 19.8. The number of nitrogens with zero attached hydrogens (tertiary/aromatic N) is 2. The third-order valence-corrected chi connectivity index (χ3v) is 3.42. The number of anilines is 1. The normalized spacial score (nSPS) is 10.3. The molecule has 1 aromatic heterocycles. The lowest BCUT2D eigenvalue weighted by Gasteiger charge is -2.10. The third kappa shape index (κ3) is 2.85. The monoisotopic (exact) mass is 295 g/mol. The quantitative estimate of drug-likeness (QED) is 0.861. The fourth-order valence-corrected chi connectivity index (χ4v) is 2.03. The van der Waals surface area contributed by atoms with Crippen molar-refractivity contribution in [2.24, 2.45) is 0 Å². The van der Waals surface area contributed by atoms with Gasteiger partial charge in [-0.25, -0.2) is 9.97 Å². The summed E-state index contributed by atoms with van der Waals surface area (Å²) in [5.41, 5.74) is 2.73. The number of aromatic nitrogens is 2. The Morgan fingerprint density at radius 1 is 1.16 bits per heavy atom. The fourth-order valence-electron chi connectivity index (χ4n) is 1.63. The number of halogens is 2. The summed E-state index contributed by atoms with van der Waals surface area (Å²) < 4.78 is 0. The number of benzene rings is 1. The van der Waals surface area contributed by atoms with Gasteiger partial charge >= 0.3 is 0 Å². The Hall–Kier alpha value is -1.65. The topological polar surface area (TPSA) is 54.9 Å². The van der Waals surface area contributed by atoms with Crippen molar-refractivity contribution in [3.8, 4) is 0 Å². The van der Waals surface area contributed by atoms with Gasteiger partial charge in [0.1, 0.15) is 12.0 Å². The minimum absolute atomic E-state index is 0.110. The highest BCUT2D eigenvalue weighted by atomic mass is 35.5. The predicted molar refractivity (Wildman–Crippen MR) is 75.9 cm³/mol. The largest absolute Gasteiger partial charge is 0.317 e.